The Morgan fingerprint density at radius 3 is 2.30 bits per heavy atom. The summed E-state index contributed by atoms with van der Waals surface area (Å²) in [7, 11) is 0. The van der Waals surface area contributed by atoms with Gasteiger partial charge >= 0.3 is 0 Å². The molecule has 20 heavy (non-hydrogen) atoms. The summed E-state index contributed by atoms with van der Waals surface area (Å²) in [6, 6.07) is 6.46. The van der Waals surface area contributed by atoms with Crippen LogP contribution in [-0.2, 0) is 0 Å². The Labute approximate surface area is 121 Å². The van der Waals surface area contributed by atoms with Crippen LogP contribution in [0, 0.1) is 19.3 Å². The predicted octanol–water partition coefficient (Wildman–Crippen LogP) is 4.13. The van der Waals surface area contributed by atoms with E-state index < -0.39 is 0 Å². The molecule has 0 fully saturated rings. The molecular weight excluding hydrogens is 246 g/mol. The molecule has 1 unspecified atom stereocenters. The van der Waals surface area contributed by atoms with Crippen molar-refractivity contribution >= 4 is 0 Å². The maximum absolute atomic E-state index is 6.24. The van der Waals surface area contributed by atoms with Gasteiger partial charge < -0.3 is 10.7 Å². The van der Waals surface area contributed by atoms with E-state index in [4.69, 9.17) is 5.73 Å². The van der Waals surface area contributed by atoms with Crippen molar-refractivity contribution in [1.29, 1.82) is 0 Å². The van der Waals surface area contributed by atoms with Gasteiger partial charge in [0.05, 0.1) is 17.9 Å². The number of imidazole rings is 1. The number of nitrogens with one attached hydrogen (secondary N) is 1. The van der Waals surface area contributed by atoms with Gasteiger partial charge in [0, 0.05) is 5.56 Å². The number of rotatable bonds is 3. The zero-order valence-corrected chi connectivity index (χ0v) is 13.1. The molecule has 1 atom stereocenters. The van der Waals surface area contributed by atoms with Gasteiger partial charge in [-0.15, -0.1) is 0 Å². The summed E-state index contributed by atoms with van der Waals surface area (Å²) in [5, 5.41) is 0. The molecule has 0 saturated carbocycles. The molecule has 108 valence electrons. The van der Waals surface area contributed by atoms with E-state index >= 15 is 0 Å². The fourth-order valence-electron chi connectivity index (χ4n) is 2.56. The van der Waals surface area contributed by atoms with Crippen molar-refractivity contribution in [2.45, 2.75) is 47.1 Å². The van der Waals surface area contributed by atoms with Crippen LogP contribution in [0.25, 0.3) is 11.3 Å². The first-order chi connectivity index (χ1) is 9.24. The molecule has 2 rings (SSSR count). The van der Waals surface area contributed by atoms with Gasteiger partial charge in [0.15, 0.2) is 0 Å². The summed E-state index contributed by atoms with van der Waals surface area (Å²) < 4.78 is 0. The highest BCUT2D eigenvalue weighted by Gasteiger charge is 2.19. The lowest BCUT2D eigenvalue weighted by molar-refractivity contribution is 0.337. The van der Waals surface area contributed by atoms with E-state index in [2.05, 4.69) is 62.8 Å². The van der Waals surface area contributed by atoms with Crippen LogP contribution in [0.5, 0.6) is 0 Å². The van der Waals surface area contributed by atoms with Crippen LogP contribution < -0.4 is 5.73 Å². The van der Waals surface area contributed by atoms with Crippen molar-refractivity contribution in [2.24, 2.45) is 11.1 Å². The SMILES string of the molecule is Cc1cc(C)cc(-c2cnc(C(N)CC(C)(C)C)[nH]2)c1. The Morgan fingerprint density at radius 2 is 1.75 bits per heavy atom. The van der Waals surface area contributed by atoms with Gasteiger partial charge in [0.25, 0.3) is 0 Å². The monoisotopic (exact) mass is 271 g/mol. The topological polar surface area (TPSA) is 54.7 Å². The van der Waals surface area contributed by atoms with E-state index in [0.717, 1.165) is 17.9 Å². The Bertz CT molecular complexity index is 570. The first kappa shape index (κ1) is 14.8. The van der Waals surface area contributed by atoms with Crippen molar-refractivity contribution in [3.05, 3.63) is 41.3 Å². The summed E-state index contributed by atoms with van der Waals surface area (Å²) in [6.45, 7) is 10.8. The molecule has 0 bridgehead atoms. The minimum atomic E-state index is -0.0466. The summed E-state index contributed by atoms with van der Waals surface area (Å²) in [4.78, 5) is 7.83. The first-order valence-corrected chi connectivity index (χ1v) is 7.14. The van der Waals surface area contributed by atoms with Crippen LogP contribution in [0.3, 0.4) is 0 Å². The third-order valence-electron chi connectivity index (χ3n) is 3.31. The van der Waals surface area contributed by atoms with Gasteiger partial charge in [-0.05, 0) is 37.8 Å². The van der Waals surface area contributed by atoms with Gasteiger partial charge in [-0.25, -0.2) is 4.98 Å². The van der Waals surface area contributed by atoms with Crippen molar-refractivity contribution in [3.8, 4) is 11.3 Å². The fraction of sp³-hybridized carbons (Fsp3) is 0.471. The zero-order valence-electron chi connectivity index (χ0n) is 13.1. The van der Waals surface area contributed by atoms with E-state index in [1.54, 1.807) is 0 Å². The Hall–Kier alpha value is -1.61. The van der Waals surface area contributed by atoms with Crippen LogP contribution in [0.15, 0.2) is 24.4 Å². The molecule has 0 saturated heterocycles. The maximum Gasteiger partial charge on any atom is 0.123 e. The van der Waals surface area contributed by atoms with Gasteiger partial charge in [-0.2, -0.15) is 0 Å². The fourth-order valence-corrected chi connectivity index (χ4v) is 2.56. The predicted molar refractivity (Wildman–Crippen MR) is 84.5 cm³/mol. The highest BCUT2D eigenvalue weighted by molar-refractivity contribution is 5.60. The third-order valence-corrected chi connectivity index (χ3v) is 3.31. The van der Waals surface area contributed by atoms with E-state index in [1.165, 1.54) is 16.7 Å². The number of H-pyrrole nitrogens is 1. The molecule has 0 amide bonds. The van der Waals surface area contributed by atoms with Gasteiger partial charge in [0.1, 0.15) is 5.82 Å². The maximum atomic E-state index is 6.24. The summed E-state index contributed by atoms with van der Waals surface area (Å²) in [6.07, 6.45) is 2.79. The van der Waals surface area contributed by atoms with Crippen LogP contribution in [0.4, 0.5) is 0 Å². The molecule has 0 aliphatic heterocycles. The number of nitrogens with zero attached hydrogens (tertiary/aromatic N) is 1. The van der Waals surface area contributed by atoms with Crippen LogP contribution in [0.2, 0.25) is 0 Å². The number of aryl methyl sites for hydroxylation is 2. The highest BCUT2D eigenvalue weighted by Crippen LogP contribution is 2.28. The van der Waals surface area contributed by atoms with Crippen LogP contribution in [-0.4, -0.2) is 9.97 Å². The van der Waals surface area contributed by atoms with Gasteiger partial charge in [0.2, 0.25) is 0 Å². The van der Waals surface area contributed by atoms with Gasteiger partial charge in [-0.1, -0.05) is 38.0 Å². The minimum Gasteiger partial charge on any atom is -0.341 e. The molecule has 3 nitrogen and oxygen atoms in total. The average molecular weight is 271 g/mol. The molecule has 3 heteroatoms. The molecule has 1 aromatic heterocycles. The van der Waals surface area contributed by atoms with Crippen molar-refractivity contribution < 1.29 is 0 Å². The van der Waals surface area contributed by atoms with Crippen molar-refractivity contribution in [1.82, 2.24) is 9.97 Å². The Morgan fingerprint density at radius 1 is 1.15 bits per heavy atom. The number of aromatic nitrogens is 2. The summed E-state index contributed by atoms with van der Waals surface area (Å²) >= 11 is 0. The summed E-state index contributed by atoms with van der Waals surface area (Å²) in [5.41, 5.74) is 11.2. The largest absolute Gasteiger partial charge is 0.341 e. The van der Waals surface area contributed by atoms with Crippen molar-refractivity contribution in [3.63, 3.8) is 0 Å². The number of aromatic amines is 1. The second-order valence-corrected chi connectivity index (χ2v) is 6.93. The zero-order chi connectivity index (χ0) is 14.9. The average Bonchev–Trinajstić information content (AvgIpc) is 2.74. The molecule has 0 spiro atoms. The highest BCUT2D eigenvalue weighted by atomic mass is 15.0. The number of benzene rings is 1. The minimum absolute atomic E-state index is 0.0466. The number of nitrogens with two attached hydrogens (primary N) is 1. The first-order valence-electron chi connectivity index (χ1n) is 7.14. The van der Waals surface area contributed by atoms with Crippen LogP contribution in [0.1, 0.15) is 50.2 Å². The molecule has 1 aromatic carbocycles. The number of hydrogen-bond acceptors (Lipinski definition) is 2. The Kier molecular flexibility index (Phi) is 4.00. The molecule has 0 aliphatic rings. The van der Waals surface area contributed by atoms with E-state index in [-0.39, 0.29) is 11.5 Å². The standard InChI is InChI=1S/C17H25N3/c1-11-6-12(2)8-13(7-11)15-10-19-16(20-15)14(18)9-17(3,4)5/h6-8,10,14H,9,18H2,1-5H3,(H,19,20). The summed E-state index contributed by atoms with van der Waals surface area (Å²) in [5.74, 6) is 0.870. The number of hydrogen-bond donors (Lipinski definition) is 2. The smallest absolute Gasteiger partial charge is 0.123 e. The Balaban J connectivity index is 2.24. The molecular formula is C17H25N3. The lowest BCUT2D eigenvalue weighted by Gasteiger charge is -2.21. The van der Waals surface area contributed by atoms with Gasteiger partial charge in [-0.3, -0.25) is 0 Å². The normalized spacial score (nSPS) is 13.5. The lowest BCUT2D eigenvalue weighted by atomic mass is 9.88. The van der Waals surface area contributed by atoms with Crippen molar-refractivity contribution in [2.75, 3.05) is 0 Å². The molecule has 1 heterocycles. The molecule has 0 aliphatic carbocycles. The quantitative estimate of drug-likeness (QED) is 0.882. The third kappa shape index (κ3) is 3.70. The van der Waals surface area contributed by atoms with E-state index in [9.17, 15) is 0 Å². The second-order valence-electron chi connectivity index (χ2n) is 6.93. The second kappa shape index (κ2) is 5.41. The van der Waals surface area contributed by atoms with E-state index in [1.807, 2.05) is 6.20 Å². The van der Waals surface area contributed by atoms with Crippen LogP contribution >= 0.6 is 0 Å². The van der Waals surface area contributed by atoms with E-state index in [0.29, 0.717) is 0 Å². The lowest BCUT2D eigenvalue weighted by Crippen LogP contribution is -2.19. The molecule has 3 N–H and O–H groups in total. The molecule has 0 radical (unpaired) electrons. The molecule has 2 aromatic rings.